The monoisotopic (exact) mass is 465 g/mol. The molecule has 2 atom stereocenters. The van der Waals surface area contributed by atoms with Crippen molar-refractivity contribution < 1.29 is 4.79 Å². The molecule has 0 spiro atoms. The molecule has 0 aliphatic carbocycles. The van der Waals surface area contributed by atoms with Gasteiger partial charge in [0.15, 0.2) is 0 Å². The molecule has 4 nitrogen and oxygen atoms in total. The largest absolute Gasteiger partial charge is 0.337 e. The minimum Gasteiger partial charge on any atom is -0.337 e. The molecule has 3 rings (SSSR count). The number of carbonyl (C=O) groups is 1. The van der Waals surface area contributed by atoms with Crippen molar-refractivity contribution in [3.05, 3.63) is 39.8 Å². The van der Waals surface area contributed by atoms with E-state index in [0.717, 1.165) is 33.8 Å². The van der Waals surface area contributed by atoms with Crippen LogP contribution in [-0.4, -0.2) is 41.0 Å². The van der Waals surface area contributed by atoms with E-state index < -0.39 is 0 Å². The van der Waals surface area contributed by atoms with Crippen LogP contribution in [0, 0.1) is 0 Å². The summed E-state index contributed by atoms with van der Waals surface area (Å²) >= 11 is 5.07. The predicted molar refractivity (Wildman–Crippen MR) is 112 cm³/mol. The molecule has 0 saturated carbocycles. The van der Waals surface area contributed by atoms with Gasteiger partial charge in [0.1, 0.15) is 5.01 Å². The van der Waals surface area contributed by atoms with Gasteiger partial charge >= 0.3 is 0 Å². The number of benzene rings is 1. The lowest BCUT2D eigenvalue weighted by molar-refractivity contribution is -0.134. The van der Waals surface area contributed by atoms with Gasteiger partial charge in [-0.15, -0.1) is 36.2 Å². The van der Waals surface area contributed by atoms with Crippen LogP contribution in [-0.2, 0) is 11.2 Å². The average molecular weight is 467 g/mol. The first-order chi connectivity index (χ1) is 11.0. The van der Waals surface area contributed by atoms with Crippen LogP contribution in [0.4, 0.5) is 0 Å². The van der Waals surface area contributed by atoms with Crippen molar-refractivity contribution in [3.63, 3.8) is 0 Å². The third-order valence-corrected chi connectivity index (χ3v) is 5.74. The fourth-order valence-electron chi connectivity index (χ4n) is 2.81. The second kappa shape index (κ2) is 9.88. The molecule has 1 amide bonds. The maximum atomic E-state index is 12.6. The van der Waals surface area contributed by atoms with Crippen LogP contribution >= 0.6 is 52.1 Å². The highest BCUT2D eigenvalue weighted by atomic mass is 79.9. The highest BCUT2D eigenvalue weighted by Crippen LogP contribution is 2.26. The second-order valence-electron chi connectivity index (χ2n) is 5.90. The Labute approximate surface area is 173 Å². The highest BCUT2D eigenvalue weighted by Gasteiger charge is 2.28. The smallest absolute Gasteiger partial charge is 0.228 e. The number of piperazine rings is 1. The molecule has 1 aromatic carbocycles. The first kappa shape index (κ1) is 22.4. The first-order valence-electron chi connectivity index (χ1n) is 7.78. The summed E-state index contributed by atoms with van der Waals surface area (Å²) in [7, 11) is 0. The fourth-order valence-corrected chi connectivity index (χ4v) is 4.02. The number of hydrogen-bond donors (Lipinski definition) is 1. The molecular formula is C17H22BrCl2N3OS. The van der Waals surface area contributed by atoms with Crippen molar-refractivity contribution in [2.75, 3.05) is 13.1 Å². The van der Waals surface area contributed by atoms with E-state index in [1.54, 1.807) is 11.3 Å². The van der Waals surface area contributed by atoms with Crippen molar-refractivity contribution >= 4 is 58.0 Å². The summed E-state index contributed by atoms with van der Waals surface area (Å²) in [5.41, 5.74) is 1.93. The van der Waals surface area contributed by atoms with Gasteiger partial charge in [-0.05, 0) is 26.0 Å². The summed E-state index contributed by atoms with van der Waals surface area (Å²) in [4.78, 5) is 19.2. The lowest BCUT2D eigenvalue weighted by atomic mass is 10.1. The molecule has 1 aromatic heterocycles. The Morgan fingerprint density at radius 3 is 2.88 bits per heavy atom. The van der Waals surface area contributed by atoms with Gasteiger partial charge in [0.05, 0.1) is 12.1 Å². The van der Waals surface area contributed by atoms with Crippen LogP contribution in [0.3, 0.4) is 0 Å². The molecule has 0 bridgehead atoms. The standard InChI is InChI=1S/C17H20BrN3OS.2ClH/c1-11-12(2)21(7-6-19-11)16(22)9-15-10-23-17(20-15)13-4-3-5-14(18)8-13;;/h3-5,8,10-12,19H,6-7,9H2,1-2H3;2*1H. The predicted octanol–water partition coefficient (Wildman–Crippen LogP) is 4.17. The lowest BCUT2D eigenvalue weighted by Crippen LogP contribution is -2.57. The van der Waals surface area contributed by atoms with E-state index in [9.17, 15) is 4.79 Å². The Kier molecular flexibility index (Phi) is 8.84. The number of nitrogens with zero attached hydrogens (tertiary/aromatic N) is 2. The number of hydrogen-bond acceptors (Lipinski definition) is 4. The Balaban J connectivity index is 0.00000156. The summed E-state index contributed by atoms with van der Waals surface area (Å²) in [6, 6.07) is 8.63. The first-order valence-corrected chi connectivity index (χ1v) is 9.45. The molecule has 25 heavy (non-hydrogen) atoms. The molecule has 1 saturated heterocycles. The number of halogens is 3. The van der Waals surface area contributed by atoms with E-state index in [1.807, 2.05) is 34.5 Å². The summed E-state index contributed by atoms with van der Waals surface area (Å²) < 4.78 is 1.03. The maximum Gasteiger partial charge on any atom is 0.228 e. The van der Waals surface area contributed by atoms with Crippen molar-refractivity contribution in [1.29, 1.82) is 0 Å². The van der Waals surface area contributed by atoms with E-state index in [-0.39, 0.29) is 36.8 Å². The zero-order valence-electron chi connectivity index (χ0n) is 14.1. The topological polar surface area (TPSA) is 45.2 Å². The van der Waals surface area contributed by atoms with Crippen molar-refractivity contribution in [3.8, 4) is 10.6 Å². The fraction of sp³-hybridized carbons (Fsp3) is 0.412. The number of carbonyl (C=O) groups excluding carboxylic acids is 1. The normalized spacial score (nSPS) is 19.7. The van der Waals surface area contributed by atoms with Crippen molar-refractivity contribution in [2.45, 2.75) is 32.4 Å². The summed E-state index contributed by atoms with van der Waals surface area (Å²) in [6.45, 7) is 5.85. The SMILES string of the molecule is CC1NCCN(C(=O)Cc2csc(-c3cccc(Br)c3)n2)C1C.Cl.Cl. The second-order valence-corrected chi connectivity index (χ2v) is 7.68. The molecule has 0 radical (unpaired) electrons. The van der Waals surface area contributed by atoms with Crippen LogP contribution in [0.1, 0.15) is 19.5 Å². The molecule has 8 heteroatoms. The van der Waals surface area contributed by atoms with Gasteiger partial charge in [0.25, 0.3) is 0 Å². The minimum absolute atomic E-state index is 0. The third-order valence-electron chi connectivity index (χ3n) is 4.31. The van der Waals surface area contributed by atoms with E-state index in [4.69, 9.17) is 0 Å². The van der Waals surface area contributed by atoms with Crippen molar-refractivity contribution in [2.24, 2.45) is 0 Å². The van der Waals surface area contributed by atoms with Gasteiger partial charge in [-0.25, -0.2) is 4.98 Å². The van der Waals surface area contributed by atoms with Crippen LogP contribution < -0.4 is 5.32 Å². The Hall–Kier alpha value is -0.660. The number of thiazole rings is 1. The van der Waals surface area contributed by atoms with Gasteiger partial charge in [-0.1, -0.05) is 28.1 Å². The zero-order chi connectivity index (χ0) is 16.4. The van der Waals surface area contributed by atoms with Crippen LogP contribution in [0.25, 0.3) is 10.6 Å². The quantitative estimate of drug-likeness (QED) is 0.738. The Bertz CT molecular complexity index is 713. The van der Waals surface area contributed by atoms with Crippen LogP contribution in [0.15, 0.2) is 34.1 Å². The van der Waals surface area contributed by atoms with Crippen molar-refractivity contribution in [1.82, 2.24) is 15.2 Å². The van der Waals surface area contributed by atoms with Gasteiger partial charge < -0.3 is 10.2 Å². The number of aromatic nitrogens is 1. The number of rotatable bonds is 3. The molecule has 1 aliphatic rings. The van der Waals surface area contributed by atoms with E-state index in [1.165, 1.54) is 0 Å². The summed E-state index contributed by atoms with van der Waals surface area (Å²) in [5, 5.41) is 6.34. The molecule has 2 unspecified atom stereocenters. The molecular weight excluding hydrogens is 445 g/mol. The number of amides is 1. The van der Waals surface area contributed by atoms with E-state index in [0.29, 0.717) is 12.5 Å². The molecule has 1 fully saturated rings. The van der Waals surface area contributed by atoms with E-state index in [2.05, 4.69) is 40.1 Å². The van der Waals surface area contributed by atoms with E-state index >= 15 is 0 Å². The summed E-state index contributed by atoms with van der Waals surface area (Å²) in [5.74, 6) is 0.164. The maximum absolute atomic E-state index is 12.6. The van der Waals surface area contributed by atoms with Gasteiger partial charge in [-0.2, -0.15) is 0 Å². The Morgan fingerprint density at radius 2 is 2.16 bits per heavy atom. The van der Waals surface area contributed by atoms with Gasteiger partial charge in [-0.3, -0.25) is 4.79 Å². The van der Waals surface area contributed by atoms with Gasteiger partial charge in [0, 0.05) is 40.6 Å². The average Bonchev–Trinajstić information content (AvgIpc) is 2.98. The molecule has 1 N–H and O–H groups in total. The third kappa shape index (κ3) is 5.41. The summed E-state index contributed by atoms with van der Waals surface area (Å²) in [6.07, 6.45) is 0.377. The molecule has 2 heterocycles. The Morgan fingerprint density at radius 1 is 1.40 bits per heavy atom. The van der Waals surface area contributed by atoms with Crippen LogP contribution in [0.5, 0.6) is 0 Å². The molecule has 138 valence electrons. The van der Waals surface area contributed by atoms with Gasteiger partial charge in [0.2, 0.25) is 5.91 Å². The lowest BCUT2D eigenvalue weighted by Gasteiger charge is -2.38. The van der Waals surface area contributed by atoms with Crippen LogP contribution in [0.2, 0.25) is 0 Å². The molecule has 2 aromatic rings. The zero-order valence-corrected chi connectivity index (χ0v) is 18.1. The molecule has 1 aliphatic heterocycles. The highest BCUT2D eigenvalue weighted by molar-refractivity contribution is 9.10. The number of nitrogens with one attached hydrogen (secondary N) is 1. The minimum atomic E-state index is 0.